The molecule has 2 nitrogen and oxygen atoms in total. The number of nitrogens with one attached hydrogen (secondary N) is 1. The third-order valence-electron chi connectivity index (χ3n) is 1.79. The van der Waals surface area contributed by atoms with Gasteiger partial charge in [-0.2, -0.15) is 0 Å². The molecule has 1 rings (SSSR count). The number of amides is 1. The van der Waals surface area contributed by atoms with Gasteiger partial charge >= 0.3 is 0 Å². The van der Waals surface area contributed by atoms with Crippen molar-refractivity contribution in [3.8, 4) is 0 Å². The van der Waals surface area contributed by atoms with Gasteiger partial charge in [-0.15, -0.1) is 0 Å². The number of benzene rings is 1. The minimum Gasteiger partial charge on any atom is -0.353 e. The summed E-state index contributed by atoms with van der Waals surface area (Å²) in [5.74, 6) is -1.78. The lowest BCUT2D eigenvalue weighted by atomic mass is 10.2. The van der Waals surface area contributed by atoms with Crippen molar-refractivity contribution in [1.82, 2.24) is 5.32 Å². The van der Waals surface area contributed by atoms with Crippen molar-refractivity contribution in [3.63, 3.8) is 0 Å². The maximum atomic E-state index is 13.0. The zero-order valence-corrected chi connectivity index (χ0v) is 9.31. The Labute approximate surface area is 96.9 Å². The quantitative estimate of drug-likeness (QED) is 0.816. The number of carbonyl (C=O) groups is 1. The first-order valence-corrected chi connectivity index (χ1v) is 4.94. The van der Waals surface area contributed by atoms with Gasteiger partial charge in [-0.25, -0.2) is 8.78 Å². The van der Waals surface area contributed by atoms with Crippen LogP contribution in [0.25, 0.3) is 6.08 Å². The molecule has 0 aliphatic heterocycles. The van der Waals surface area contributed by atoms with Crippen molar-refractivity contribution in [1.29, 1.82) is 0 Å². The van der Waals surface area contributed by atoms with Crippen LogP contribution in [0.3, 0.4) is 0 Å². The summed E-state index contributed by atoms with van der Waals surface area (Å²) < 4.78 is 26.0. The summed E-state index contributed by atoms with van der Waals surface area (Å²) in [4.78, 5) is 10.5. The normalized spacial score (nSPS) is 10.8. The lowest BCUT2D eigenvalue weighted by Crippen LogP contribution is -2.19. The zero-order chi connectivity index (χ0) is 12.1. The summed E-state index contributed by atoms with van der Waals surface area (Å²) in [5, 5.41) is 2.00. The summed E-state index contributed by atoms with van der Waals surface area (Å²) in [6.07, 6.45) is 3.09. The summed E-state index contributed by atoms with van der Waals surface area (Å²) >= 11 is 5.32. The van der Waals surface area contributed by atoms with Gasteiger partial charge in [0.15, 0.2) is 0 Å². The lowest BCUT2D eigenvalue weighted by molar-refractivity contribution is -0.118. The van der Waals surface area contributed by atoms with Crippen LogP contribution in [0.2, 0.25) is 5.02 Å². The molecule has 16 heavy (non-hydrogen) atoms. The van der Waals surface area contributed by atoms with Gasteiger partial charge in [0.1, 0.15) is 16.7 Å². The first-order valence-electron chi connectivity index (χ1n) is 4.56. The minimum absolute atomic E-state index is 0.168. The van der Waals surface area contributed by atoms with Crippen LogP contribution in [-0.4, -0.2) is 12.5 Å². The lowest BCUT2D eigenvalue weighted by Gasteiger charge is -1.99. The first kappa shape index (κ1) is 12.6. The van der Waals surface area contributed by atoms with Crippen molar-refractivity contribution in [2.24, 2.45) is 0 Å². The number of rotatable bonds is 3. The highest BCUT2D eigenvalue weighted by molar-refractivity contribution is 6.30. The Morgan fingerprint density at radius 2 is 2.00 bits per heavy atom. The van der Waals surface area contributed by atoms with Crippen molar-refractivity contribution in [2.45, 2.75) is 6.92 Å². The first-order chi connectivity index (χ1) is 7.50. The van der Waals surface area contributed by atoms with E-state index < -0.39 is 16.7 Å². The van der Waals surface area contributed by atoms with Crippen LogP contribution in [-0.2, 0) is 4.79 Å². The van der Waals surface area contributed by atoms with E-state index in [4.69, 9.17) is 11.6 Å². The molecule has 0 saturated heterocycles. The molecule has 0 heterocycles. The Bertz CT molecular complexity index is 409. The number of carbonyl (C=O) groups excluding carboxylic acids is 1. The van der Waals surface area contributed by atoms with Crippen LogP contribution in [0.15, 0.2) is 18.2 Å². The van der Waals surface area contributed by atoms with Gasteiger partial charge < -0.3 is 5.32 Å². The van der Waals surface area contributed by atoms with Gasteiger partial charge in [0, 0.05) is 13.5 Å². The topological polar surface area (TPSA) is 29.1 Å². The van der Waals surface area contributed by atoms with Crippen LogP contribution in [0.1, 0.15) is 12.5 Å². The van der Waals surface area contributed by atoms with Crippen molar-refractivity contribution < 1.29 is 13.6 Å². The molecule has 0 atom stereocenters. The second-order valence-corrected chi connectivity index (χ2v) is 3.52. The molecular formula is C11H10ClF2NO. The molecule has 1 aromatic rings. The van der Waals surface area contributed by atoms with Gasteiger partial charge in [-0.3, -0.25) is 4.79 Å². The zero-order valence-electron chi connectivity index (χ0n) is 8.56. The second-order valence-electron chi connectivity index (χ2n) is 3.14. The SMILES string of the molecule is CC(=O)NCC=Cc1cc(F)c(Cl)c(F)c1. The number of halogens is 3. The number of hydrogen-bond acceptors (Lipinski definition) is 1. The van der Waals surface area contributed by atoms with Crippen LogP contribution in [0.4, 0.5) is 8.78 Å². The molecule has 0 bridgehead atoms. The fourth-order valence-corrected chi connectivity index (χ4v) is 1.18. The fraction of sp³-hybridized carbons (Fsp3) is 0.182. The average molecular weight is 246 g/mol. The maximum Gasteiger partial charge on any atom is 0.217 e. The maximum absolute atomic E-state index is 13.0. The highest BCUT2D eigenvalue weighted by atomic mass is 35.5. The second kappa shape index (κ2) is 5.61. The largest absolute Gasteiger partial charge is 0.353 e. The van der Waals surface area contributed by atoms with E-state index in [9.17, 15) is 13.6 Å². The Morgan fingerprint density at radius 1 is 1.44 bits per heavy atom. The van der Waals surface area contributed by atoms with Gasteiger partial charge in [-0.05, 0) is 17.7 Å². The fourth-order valence-electron chi connectivity index (χ4n) is 1.07. The molecule has 1 amide bonds. The highest BCUT2D eigenvalue weighted by Gasteiger charge is 2.06. The summed E-state index contributed by atoms with van der Waals surface area (Å²) in [7, 11) is 0. The van der Waals surface area contributed by atoms with E-state index in [0.29, 0.717) is 12.1 Å². The molecule has 1 aromatic carbocycles. The molecule has 0 spiro atoms. The molecule has 0 saturated carbocycles. The van der Waals surface area contributed by atoms with Crippen molar-refractivity contribution in [2.75, 3.05) is 6.54 Å². The van der Waals surface area contributed by atoms with Gasteiger partial charge in [-0.1, -0.05) is 23.8 Å². The monoisotopic (exact) mass is 245 g/mol. The average Bonchev–Trinajstić information content (AvgIpc) is 2.20. The molecular weight excluding hydrogens is 236 g/mol. The van der Waals surface area contributed by atoms with Gasteiger partial charge in [0.05, 0.1) is 0 Å². The highest BCUT2D eigenvalue weighted by Crippen LogP contribution is 2.20. The minimum atomic E-state index is -0.805. The molecule has 5 heteroatoms. The van der Waals surface area contributed by atoms with Crippen LogP contribution < -0.4 is 5.32 Å². The van der Waals surface area contributed by atoms with E-state index >= 15 is 0 Å². The molecule has 0 aliphatic rings. The summed E-state index contributed by atoms with van der Waals surface area (Å²) in [5.41, 5.74) is 0.352. The van der Waals surface area contributed by atoms with E-state index in [1.807, 2.05) is 0 Å². The van der Waals surface area contributed by atoms with Crippen LogP contribution >= 0.6 is 11.6 Å². The van der Waals surface area contributed by atoms with E-state index in [0.717, 1.165) is 12.1 Å². The van der Waals surface area contributed by atoms with Gasteiger partial charge in [0.2, 0.25) is 5.91 Å². The van der Waals surface area contributed by atoms with Crippen molar-refractivity contribution >= 4 is 23.6 Å². The predicted molar refractivity (Wildman–Crippen MR) is 59.1 cm³/mol. The molecule has 0 aromatic heterocycles. The molecule has 86 valence electrons. The van der Waals surface area contributed by atoms with E-state index in [1.165, 1.54) is 13.0 Å². The Balaban J connectivity index is 2.71. The Hall–Kier alpha value is -1.42. The predicted octanol–water partition coefficient (Wildman–Crippen LogP) is 2.77. The van der Waals surface area contributed by atoms with E-state index in [1.54, 1.807) is 6.08 Å². The van der Waals surface area contributed by atoms with E-state index in [2.05, 4.69) is 5.32 Å². The molecule has 1 N–H and O–H groups in total. The summed E-state index contributed by atoms with van der Waals surface area (Å²) in [6.45, 7) is 1.69. The van der Waals surface area contributed by atoms with E-state index in [-0.39, 0.29) is 5.91 Å². The molecule has 0 fully saturated rings. The molecule has 0 radical (unpaired) electrons. The third-order valence-corrected chi connectivity index (χ3v) is 2.15. The standard InChI is InChI=1S/C11H10ClF2NO/c1-7(16)15-4-2-3-8-5-9(13)11(12)10(14)6-8/h2-3,5-6H,4H2,1H3,(H,15,16). The smallest absolute Gasteiger partial charge is 0.217 e. The molecule has 0 unspecified atom stereocenters. The number of hydrogen-bond donors (Lipinski definition) is 1. The Morgan fingerprint density at radius 3 is 2.50 bits per heavy atom. The van der Waals surface area contributed by atoms with Crippen molar-refractivity contribution in [3.05, 3.63) is 40.4 Å². The van der Waals surface area contributed by atoms with Crippen LogP contribution in [0, 0.1) is 11.6 Å². The summed E-state index contributed by atoms with van der Waals surface area (Å²) in [6, 6.07) is 2.24. The third kappa shape index (κ3) is 3.62. The van der Waals surface area contributed by atoms with Crippen LogP contribution in [0.5, 0.6) is 0 Å². The van der Waals surface area contributed by atoms with Gasteiger partial charge in [0.25, 0.3) is 0 Å². The Kier molecular flexibility index (Phi) is 4.43. The molecule has 0 aliphatic carbocycles.